The minimum absolute atomic E-state index is 0.563. The highest BCUT2D eigenvalue weighted by atomic mass is 14.6. The predicted octanol–water partition coefficient (Wildman–Crippen LogP) is 9.59. The highest BCUT2D eigenvalue weighted by molar-refractivity contribution is 5.34. The monoisotopic (exact) mass is 412 g/mol. The Kier molecular flexibility index (Phi) is 6.83. The van der Waals surface area contributed by atoms with Gasteiger partial charge in [0.1, 0.15) is 0 Å². The second-order valence-corrected chi connectivity index (χ2v) is 13.1. The third kappa shape index (κ3) is 3.85. The molecular formula is C30H52. The lowest BCUT2D eigenvalue weighted by molar-refractivity contribution is 0.0352. The third-order valence-corrected chi connectivity index (χ3v) is 11.0. The molecule has 0 aromatic rings. The molecule has 0 aromatic carbocycles. The van der Waals surface area contributed by atoms with Gasteiger partial charge in [-0.3, -0.25) is 0 Å². The van der Waals surface area contributed by atoms with Gasteiger partial charge < -0.3 is 0 Å². The Morgan fingerprint density at radius 1 is 0.933 bits per heavy atom. The second-order valence-electron chi connectivity index (χ2n) is 13.1. The van der Waals surface area contributed by atoms with Crippen molar-refractivity contribution in [3.05, 3.63) is 11.1 Å². The Labute approximate surface area is 189 Å². The van der Waals surface area contributed by atoms with Crippen LogP contribution < -0.4 is 0 Å². The van der Waals surface area contributed by atoms with Gasteiger partial charge in [-0.15, -0.1) is 0 Å². The molecule has 2 saturated carbocycles. The molecule has 2 fully saturated rings. The van der Waals surface area contributed by atoms with E-state index in [1.54, 1.807) is 0 Å². The number of hydrogen-bond acceptors (Lipinski definition) is 0. The van der Waals surface area contributed by atoms with Crippen molar-refractivity contribution in [1.82, 2.24) is 0 Å². The van der Waals surface area contributed by atoms with Crippen LogP contribution in [0.2, 0.25) is 0 Å². The average molecular weight is 413 g/mol. The van der Waals surface area contributed by atoms with Gasteiger partial charge in [-0.25, -0.2) is 0 Å². The maximum atomic E-state index is 2.73. The van der Waals surface area contributed by atoms with Crippen LogP contribution in [-0.4, -0.2) is 0 Å². The van der Waals surface area contributed by atoms with Crippen LogP contribution >= 0.6 is 0 Å². The lowest BCUT2D eigenvalue weighted by Crippen LogP contribution is -2.46. The van der Waals surface area contributed by atoms with E-state index in [9.17, 15) is 0 Å². The van der Waals surface area contributed by atoms with Crippen molar-refractivity contribution in [2.45, 2.75) is 131 Å². The topological polar surface area (TPSA) is 0 Å². The quantitative estimate of drug-likeness (QED) is 0.365. The van der Waals surface area contributed by atoms with Gasteiger partial charge in [-0.05, 0) is 91.3 Å². The van der Waals surface area contributed by atoms with Crippen LogP contribution in [0.25, 0.3) is 0 Å². The first-order valence-electron chi connectivity index (χ1n) is 14.0. The molecule has 0 amide bonds. The van der Waals surface area contributed by atoms with Crippen LogP contribution in [0.5, 0.6) is 0 Å². The number of rotatable bonds is 7. The molecule has 4 rings (SSSR count). The molecule has 0 aliphatic heterocycles. The molecule has 0 N–H and O–H groups in total. The Morgan fingerprint density at radius 2 is 1.73 bits per heavy atom. The summed E-state index contributed by atoms with van der Waals surface area (Å²) in [6.45, 7) is 15.2. The van der Waals surface area contributed by atoms with E-state index in [4.69, 9.17) is 0 Å². The highest BCUT2D eigenvalue weighted by Crippen LogP contribution is 2.66. The van der Waals surface area contributed by atoms with E-state index in [1.807, 2.05) is 11.1 Å². The van der Waals surface area contributed by atoms with Crippen molar-refractivity contribution < 1.29 is 0 Å². The molecule has 0 saturated heterocycles. The number of hydrogen-bond donors (Lipinski definition) is 0. The molecule has 0 radical (unpaired) electrons. The van der Waals surface area contributed by atoms with E-state index in [0.29, 0.717) is 10.8 Å². The van der Waals surface area contributed by atoms with Gasteiger partial charge in [-0.2, -0.15) is 0 Å². The van der Waals surface area contributed by atoms with Gasteiger partial charge in [0, 0.05) is 0 Å². The standard InChI is InChI=1S/C30H52/c1-7-10-23-13-9-19-29(5)26(23)15-14-24-27-17-16-25(22(4)12-8-11-21(2)3)30(27,6)20-18-28(24)29/h21-23,25-27H,7-20H2,1-6H3/t22-,23?,25-,26?,27+,29+,30-/m1/s1. The molecule has 0 bridgehead atoms. The van der Waals surface area contributed by atoms with E-state index >= 15 is 0 Å². The van der Waals surface area contributed by atoms with E-state index < -0.39 is 0 Å². The Hall–Kier alpha value is -0.260. The first kappa shape index (κ1) is 22.9. The summed E-state index contributed by atoms with van der Waals surface area (Å²) < 4.78 is 0. The summed E-state index contributed by atoms with van der Waals surface area (Å²) in [4.78, 5) is 0. The summed E-state index contributed by atoms with van der Waals surface area (Å²) in [6, 6.07) is 0. The largest absolute Gasteiger partial charge is 0.0668 e. The van der Waals surface area contributed by atoms with E-state index in [-0.39, 0.29) is 0 Å². The minimum Gasteiger partial charge on any atom is -0.0668 e. The summed E-state index contributed by atoms with van der Waals surface area (Å²) in [5, 5.41) is 0. The molecule has 7 atom stereocenters. The lowest BCUT2D eigenvalue weighted by Gasteiger charge is -2.56. The van der Waals surface area contributed by atoms with Crippen LogP contribution in [0.4, 0.5) is 0 Å². The predicted molar refractivity (Wildman–Crippen MR) is 132 cm³/mol. The molecule has 0 aromatic heterocycles. The average Bonchev–Trinajstić information content (AvgIpc) is 3.05. The molecule has 172 valence electrons. The Morgan fingerprint density at radius 3 is 2.47 bits per heavy atom. The fraction of sp³-hybridized carbons (Fsp3) is 0.933. The van der Waals surface area contributed by atoms with Crippen LogP contribution in [0.15, 0.2) is 11.1 Å². The van der Waals surface area contributed by atoms with Crippen LogP contribution in [0.1, 0.15) is 131 Å². The molecule has 0 heterocycles. The van der Waals surface area contributed by atoms with E-state index in [2.05, 4.69) is 41.5 Å². The first-order chi connectivity index (χ1) is 14.3. The molecule has 2 unspecified atom stereocenters. The molecule has 0 nitrogen and oxygen atoms in total. The zero-order valence-electron chi connectivity index (χ0n) is 21.4. The molecule has 4 aliphatic carbocycles. The van der Waals surface area contributed by atoms with Crippen LogP contribution in [-0.2, 0) is 0 Å². The fourth-order valence-corrected chi connectivity index (χ4v) is 9.52. The van der Waals surface area contributed by atoms with Crippen molar-refractivity contribution in [3.8, 4) is 0 Å². The van der Waals surface area contributed by atoms with Crippen molar-refractivity contribution in [3.63, 3.8) is 0 Å². The van der Waals surface area contributed by atoms with Crippen molar-refractivity contribution in [2.75, 3.05) is 0 Å². The lowest BCUT2D eigenvalue weighted by atomic mass is 9.48. The summed E-state index contributed by atoms with van der Waals surface area (Å²) in [6.07, 6.45) is 20.7. The summed E-state index contributed by atoms with van der Waals surface area (Å²) in [5.41, 5.74) is 5.19. The van der Waals surface area contributed by atoms with Gasteiger partial charge in [0.25, 0.3) is 0 Å². The smallest absolute Gasteiger partial charge is 0.00826 e. The maximum absolute atomic E-state index is 2.73. The van der Waals surface area contributed by atoms with Gasteiger partial charge >= 0.3 is 0 Å². The first-order valence-corrected chi connectivity index (χ1v) is 14.0. The third-order valence-electron chi connectivity index (χ3n) is 11.0. The Balaban J connectivity index is 1.53. The summed E-state index contributed by atoms with van der Waals surface area (Å²) >= 11 is 0. The summed E-state index contributed by atoms with van der Waals surface area (Å²) in [5.74, 6) is 5.73. The number of allylic oxidation sites excluding steroid dienone is 2. The maximum Gasteiger partial charge on any atom is -0.00826 e. The minimum atomic E-state index is 0.563. The molecule has 4 aliphatic rings. The SMILES string of the molecule is CCCC1CCC[C@]2(C)C3=C(CCC12)[C@@H]1CC[C@H]([C@H](C)CCCC(C)C)[C@@]1(C)CC3. The molecule has 0 spiro atoms. The highest BCUT2D eigenvalue weighted by Gasteiger charge is 2.56. The molecule has 30 heavy (non-hydrogen) atoms. The zero-order chi connectivity index (χ0) is 21.5. The van der Waals surface area contributed by atoms with Crippen molar-refractivity contribution in [1.29, 1.82) is 0 Å². The van der Waals surface area contributed by atoms with Crippen LogP contribution in [0.3, 0.4) is 0 Å². The van der Waals surface area contributed by atoms with Gasteiger partial charge in [0.2, 0.25) is 0 Å². The van der Waals surface area contributed by atoms with Crippen LogP contribution in [0, 0.1) is 46.3 Å². The van der Waals surface area contributed by atoms with Gasteiger partial charge in [0.05, 0.1) is 0 Å². The van der Waals surface area contributed by atoms with Crippen molar-refractivity contribution >= 4 is 0 Å². The van der Waals surface area contributed by atoms with E-state index in [1.165, 1.54) is 89.9 Å². The normalized spacial score (nSPS) is 42.1. The second kappa shape index (κ2) is 8.94. The van der Waals surface area contributed by atoms with Crippen molar-refractivity contribution in [2.24, 2.45) is 46.3 Å². The number of fused-ring (bicyclic) bond motifs is 4. The van der Waals surface area contributed by atoms with Gasteiger partial charge in [0.15, 0.2) is 0 Å². The summed E-state index contributed by atoms with van der Waals surface area (Å²) in [7, 11) is 0. The zero-order valence-corrected chi connectivity index (χ0v) is 21.4. The van der Waals surface area contributed by atoms with E-state index in [0.717, 1.165) is 35.5 Å². The van der Waals surface area contributed by atoms with Gasteiger partial charge in [-0.1, -0.05) is 97.6 Å². The fourth-order valence-electron chi connectivity index (χ4n) is 9.52. The molecular weight excluding hydrogens is 360 g/mol. The molecule has 0 heteroatoms. The Bertz CT molecular complexity index is 624.